The molecule has 1 unspecified atom stereocenters. The van der Waals surface area contributed by atoms with Gasteiger partial charge in [0.15, 0.2) is 0 Å². The van der Waals surface area contributed by atoms with Crippen LogP contribution in [0.25, 0.3) is 0 Å². The summed E-state index contributed by atoms with van der Waals surface area (Å²) in [6.45, 7) is 3.05. The molecule has 1 saturated heterocycles. The first-order chi connectivity index (χ1) is 13.0. The van der Waals surface area contributed by atoms with Gasteiger partial charge in [-0.15, -0.1) is 12.4 Å². The Morgan fingerprint density at radius 1 is 1.29 bits per heavy atom. The number of hydrogen-bond donors (Lipinski definition) is 1. The Morgan fingerprint density at radius 3 is 2.75 bits per heavy atom. The highest BCUT2D eigenvalue weighted by molar-refractivity contribution is 7.89. The molecular weight excluding hydrogens is 408 g/mol. The second kappa shape index (κ2) is 9.42. The molecule has 0 amide bonds. The third kappa shape index (κ3) is 4.33. The SMILES string of the molecule is CCOC(=O)c1ccc(S(=O)(=O)N2CCNCC2c2ccccc2OC)o1.Cl. The number of ether oxygens (including phenoxy) is 2. The number of nitrogens with zero attached hydrogens (tertiary/aromatic N) is 1. The van der Waals surface area contributed by atoms with Crippen molar-refractivity contribution in [1.29, 1.82) is 0 Å². The van der Waals surface area contributed by atoms with Crippen molar-refractivity contribution in [2.75, 3.05) is 33.4 Å². The van der Waals surface area contributed by atoms with Crippen LogP contribution in [0, 0.1) is 0 Å². The molecule has 28 heavy (non-hydrogen) atoms. The number of carbonyl (C=O) groups is 1. The molecule has 154 valence electrons. The quantitative estimate of drug-likeness (QED) is 0.701. The van der Waals surface area contributed by atoms with E-state index in [4.69, 9.17) is 13.9 Å². The highest BCUT2D eigenvalue weighted by Gasteiger charge is 2.37. The highest BCUT2D eigenvalue weighted by Crippen LogP contribution is 2.34. The van der Waals surface area contributed by atoms with E-state index in [9.17, 15) is 13.2 Å². The van der Waals surface area contributed by atoms with Gasteiger partial charge in [-0.05, 0) is 25.1 Å². The second-order valence-electron chi connectivity index (χ2n) is 5.92. The minimum atomic E-state index is -3.95. The van der Waals surface area contributed by atoms with Crippen molar-refractivity contribution in [1.82, 2.24) is 9.62 Å². The number of para-hydroxylation sites is 1. The Bertz CT molecular complexity index is 914. The zero-order valence-corrected chi connectivity index (χ0v) is 17.2. The summed E-state index contributed by atoms with van der Waals surface area (Å²) in [5, 5.41) is 2.93. The topological polar surface area (TPSA) is 98.1 Å². The summed E-state index contributed by atoms with van der Waals surface area (Å²) >= 11 is 0. The van der Waals surface area contributed by atoms with Gasteiger partial charge in [0.2, 0.25) is 10.9 Å². The van der Waals surface area contributed by atoms with Crippen LogP contribution in [0.1, 0.15) is 29.1 Å². The van der Waals surface area contributed by atoms with E-state index in [1.807, 2.05) is 18.2 Å². The van der Waals surface area contributed by atoms with Crippen LogP contribution in [0.4, 0.5) is 0 Å². The molecule has 8 nitrogen and oxygen atoms in total. The maximum Gasteiger partial charge on any atom is 0.374 e. The molecule has 1 aliphatic rings. The molecule has 10 heteroatoms. The number of benzene rings is 1. The predicted octanol–water partition coefficient (Wildman–Crippen LogP) is 2.22. The number of hydrogen-bond acceptors (Lipinski definition) is 7. The van der Waals surface area contributed by atoms with Crippen molar-refractivity contribution in [3.63, 3.8) is 0 Å². The Labute approximate surface area is 170 Å². The molecule has 2 aromatic rings. The lowest BCUT2D eigenvalue weighted by atomic mass is 10.0. The van der Waals surface area contributed by atoms with Gasteiger partial charge in [0.05, 0.1) is 19.8 Å². The van der Waals surface area contributed by atoms with E-state index < -0.39 is 22.0 Å². The van der Waals surface area contributed by atoms with E-state index >= 15 is 0 Å². The smallest absolute Gasteiger partial charge is 0.374 e. The minimum absolute atomic E-state index is 0. The van der Waals surface area contributed by atoms with Crippen LogP contribution >= 0.6 is 12.4 Å². The average molecular weight is 431 g/mol. The lowest BCUT2D eigenvalue weighted by Crippen LogP contribution is -2.48. The van der Waals surface area contributed by atoms with Crippen LogP contribution in [0.15, 0.2) is 45.9 Å². The summed E-state index contributed by atoms with van der Waals surface area (Å²) in [5.74, 6) is -0.224. The van der Waals surface area contributed by atoms with E-state index in [0.717, 1.165) is 5.56 Å². The molecule has 0 bridgehead atoms. The van der Waals surface area contributed by atoms with Crippen molar-refractivity contribution >= 4 is 28.4 Å². The Balaban J connectivity index is 0.00000280. The molecule has 0 saturated carbocycles. The monoisotopic (exact) mass is 430 g/mol. The second-order valence-corrected chi connectivity index (χ2v) is 7.74. The zero-order chi connectivity index (χ0) is 19.4. The number of methoxy groups -OCH3 is 1. The van der Waals surface area contributed by atoms with Crippen LogP contribution in [-0.4, -0.2) is 52.0 Å². The Hall–Kier alpha value is -2.07. The van der Waals surface area contributed by atoms with Crippen LogP contribution in [0.2, 0.25) is 0 Å². The van der Waals surface area contributed by atoms with Crippen molar-refractivity contribution in [2.45, 2.75) is 18.1 Å². The van der Waals surface area contributed by atoms with Gasteiger partial charge >= 0.3 is 5.97 Å². The fourth-order valence-corrected chi connectivity index (χ4v) is 4.59. The van der Waals surface area contributed by atoms with Crippen molar-refractivity contribution in [2.24, 2.45) is 0 Å². The third-order valence-electron chi connectivity index (χ3n) is 4.31. The predicted molar refractivity (Wildman–Crippen MR) is 104 cm³/mol. The summed E-state index contributed by atoms with van der Waals surface area (Å²) in [6, 6.07) is 9.43. The first-order valence-electron chi connectivity index (χ1n) is 8.61. The van der Waals surface area contributed by atoms with Crippen LogP contribution in [-0.2, 0) is 14.8 Å². The largest absolute Gasteiger partial charge is 0.496 e. The van der Waals surface area contributed by atoms with E-state index in [2.05, 4.69) is 5.32 Å². The number of esters is 1. The summed E-state index contributed by atoms with van der Waals surface area (Å²) in [5.41, 5.74) is 0.757. The minimum Gasteiger partial charge on any atom is -0.496 e. The maximum atomic E-state index is 13.2. The molecule has 1 atom stereocenters. The summed E-state index contributed by atoms with van der Waals surface area (Å²) < 4.78 is 43.3. The summed E-state index contributed by atoms with van der Waals surface area (Å²) in [7, 11) is -2.40. The van der Waals surface area contributed by atoms with Gasteiger partial charge in [-0.3, -0.25) is 0 Å². The molecule has 1 fully saturated rings. The standard InChI is InChI=1S/C18H22N2O6S.ClH/c1-3-25-18(21)16-8-9-17(26-16)27(22,23)20-11-10-19-12-14(20)13-6-4-5-7-15(13)24-2;/h4-9,14,19H,3,10-12H2,1-2H3;1H. The Morgan fingerprint density at radius 2 is 2.04 bits per heavy atom. The first kappa shape index (κ1) is 22.2. The molecule has 0 radical (unpaired) electrons. The van der Waals surface area contributed by atoms with Gasteiger partial charge < -0.3 is 19.2 Å². The molecule has 1 aromatic carbocycles. The number of sulfonamides is 1. The fourth-order valence-electron chi connectivity index (χ4n) is 3.07. The van der Waals surface area contributed by atoms with Crippen LogP contribution < -0.4 is 10.1 Å². The van der Waals surface area contributed by atoms with Gasteiger partial charge in [0, 0.05) is 25.2 Å². The van der Waals surface area contributed by atoms with Crippen molar-refractivity contribution in [3.8, 4) is 5.75 Å². The molecule has 1 N–H and O–H groups in total. The first-order valence-corrected chi connectivity index (χ1v) is 10.1. The molecular formula is C18H23ClN2O6S. The maximum absolute atomic E-state index is 13.2. The van der Waals surface area contributed by atoms with Crippen LogP contribution in [0.3, 0.4) is 0 Å². The molecule has 3 rings (SSSR count). The van der Waals surface area contributed by atoms with E-state index in [-0.39, 0.29) is 36.4 Å². The fraction of sp³-hybridized carbons (Fsp3) is 0.389. The lowest BCUT2D eigenvalue weighted by molar-refractivity contribution is 0.0483. The van der Waals surface area contributed by atoms with Gasteiger partial charge in [-0.1, -0.05) is 18.2 Å². The normalized spacial score (nSPS) is 17.6. The van der Waals surface area contributed by atoms with Gasteiger partial charge in [0.25, 0.3) is 10.0 Å². The number of carbonyl (C=O) groups excluding carboxylic acids is 1. The summed E-state index contributed by atoms with van der Waals surface area (Å²) in [6.07, 6.45) is 0. The third-order valence-corrected chi connectivity index (χ3v) is 6.10. The van der Waals surface area contributed by atoms with E-state index in [0.29, 0.717) is 18.8 Å². The molecule has 1 aromatic heterocycles. The number of rotatable bonds is 6. The highest BCUT2D eigenvalue weighted by atomic mass is 35.5. The number of nitrogens with one attached hydrogen (secondary N) is 1. The van der Waals surface area contributed by atoms with Crippen molar-refractivity contribution < 1.29 is 27.1 Å². The average Bonchev–Trinajstić information content (AvgIpc) is 3.19. The van der Waals surface area contributed by atoms with E-state index in [1.165, 1.54) is 16.4 Å². The zero-order valence-electron chi connectivity index (χ0n) is 15.6. The van der Waals surface area contributed by atoms with Crippen LogP contribution in [0.5, 0.6) is 5.75 Å². The summed E-state index contributed by atoms with van der Waals surface area (Å²) in [4.78, 5) is 11.8. The van der Waals surface area contributed by atoms with Gasteiger partial charge in [-0.25, -0.2) is 13.2 Å². The molecule has 2 heterocycles. The van der Waals surface area contributed by atoms with E-state index in [1.54, 1.807) is 20.1 Å². The molecule has 0 spiro atoms. The Kier molecular flexibility index (Phi) is 7.48. The number of piperazine rings is 1. The van der Waals surface area contributed by atoms with Gasteiger partial charge in [-0.2, -0.15) is 4.31 Å². The van der Waals surface area contributed by atoms with Crippen molar-refractivity contribution in [3.05, 3.63) is 47.7 Å². The number of halogens is 1. The molecule has 0 aliphatic carbocycles. The molecule has 1 aliphatic heterocycles. The number of furan rings is 1. The van der Waals surface area contributed by atoms with Gasteiger partial charge in [0.1, 0.15) is 5.75 Å². The lowest BCUT2D eigenvalue weighted by Gasteiger charge is -2.35.